The number of benzene rings is 1. The minimum absolute atomic E-state index is 0. The molecule has 0 saturated heterocycles. The molecule has 1 aliphatic carbocycles. The van der Waals surface area contributed by atoms with Crippen LogP contribution in [0.15, 0.2) is 18.2 Å². The predicted octanol–water partition coefficient (Wildman–Crippen LogP) is 5.01. The van der Waals surface area contributed by atoms with Crippen LogP contribution in [0.2, 0.25) is 0 Å². The first-order valence-electron chi connectivity index (χ1n) is 6.46. The summed E-state index contributed by atoms with van der Waals surface area (Å²) in [4.78, 5) is 0. The van der Waals surface area contributed by atoms with Crippen LogP contribution < -0.4 is 0 Å². The molecule has 2 rings (SSSR count). The Balaban J connectivity index is 0.000000324. The quantitative estimate of drug-likeness (QED) is 0.462. The van der Waals surface area contributed by atoms with Crippen LogP contribution in [0.25, 0.3) is 0 Å². The molecule has 0 heterocycles. The van der Waals surface area contributed by atoms with E-state index in [1.165, 1.54) is 34.4 Å². The monoisotopic (exact) mass is 338 g/mol. The van der Waals surface area contributed by atoms with Crippen molar-refractivity contribution in [2.45, 2.75) is 41.5 Å². The molecule has 0 aromatic heterocycles. The molecule has 1 heteroatoms. The van der Waals surface area contributed by atoms with Crippen LogP contribution in [0.4, 0.5) is 0 Å². The molecule has 0 amide bonds. The van der Waals surface area contributed by atoms with Crippen LogP contribution >= 0.6 is 0 Å². The van der Waals surface area contributed by atoms with Crippen molar-refractivity contribution < 1.29 is 21.1 Å². The number of aryl methyl sites for hydroxylation is 3. The average molecular weight is 336 g/mol. The molecule has 0 radical (unpaired) electrons. The fourth-order valence-electron chi connectivity index (χ4n) is 2.40. The van der Waals surface area contributed by atoms with E-state index in [0.29, 0.717) is 0 Å². The summed E-state index contributed by atoms with van der Waals surface area (Å²) in [7, 11) is 0. The van der Waals surface area contributed by atoms with Gasteiger partial charge < -0.3 is 37.0 Å². The Morgan fingerprint density at radius 1 is 0.632 bits per heavy atom. The summed E-state index contributed by atoms with van der Waals surface area (Å²) in [6.45, 7) is 12.8. The Bertz CT molecular complexity index is 294. The summed E-state index contributed by atoms with van der Waals surface area (Å²) >= 11 is 0. The van der Waals surface area contributed by atoms with Crippen LogP contribution in [0.1, 0.15) is 37.5 Å². The normalized spacial score (nSPS) is 17.4. The molecule has 0 nitrogen and oxygen atoms in total. The van der Waals surface area contributed by atoms with Crippen LogP contribution in [-0.2, 0) is 21.1 Å². The molecule has 0 atom stereocenters. The molecular weight excluding hydrogens is 312 g/mol. The van der Waals surface area contributed by atoms with Crippen LogP contribution in [0.3, 0.4) is 0 Å². The van der Waals surface area contributed by atoms with Gasteiger partial charge >= 0.3 is 0 Å². The summed E-state index contributed by atoms with van der Waals surface area (Å²) in [6, 6.07) is 6.56. The summed E-state index contributed by atoms with van der Waals surface area (Å²) in [6.07, 6.45) is 6.56. The van der Waals surface area contributed by atoms with Crippen molar-refractivity contribution in [1.82, 2.24) is 0 Å². The van der Waals surface area contributed by atoms with E-state index in [1.807, 2.05) is 0 Å². The van der Waals surface area contributed by atoms with Gasteiger partial charge in [0.25, 0.3) is 0 Å². The Hall–Kier alpha value is -0.0917. The van der Waals surface area contributed by atoms with E-state index in [9.17, 15) is 0 Å². The molecule has 0 unspecified atom stereocenters. The van der Waals surface area contributed by atoms with Crippen molar-refractivity contribution in [1.29, 1.82) is 0 Å². The second-order valence-corrected chi connectivity index (χ2v) is 5.33. The van der Waals surface area contributed by atoms with E-state index >= 15 is 0 Å². The van der Waals surface area contributed by atoms with Crippen molar-refractivity contribution in [3.8, 4) is 0 Å². The van der Waals surface area contributed by atoms with Gasteiger partial charge in [-0.3, -0.25) is 0 Å². The minimum Gasteiger partial charge on any atom is -0.721 e. The number of hydrogen-bond donors (Lipinski definition) is 0. The molecule has 19 heavy (non-hydrogen) atoms. The van der Waals surface area contributed by atoms with E-state index in [1.54, 1.807) is 0 Å². The molecule has 0 bridgehead atoms. The van der Waals surface area contributed by atoms with Gasteiger partial charge in [0.1, 0.15) is 0 Å². The average Bonchev–Trinajstić information content (AvgIpc) is 2.12. The standard InChI is InChI=1S/2C9H12.Mo/c2*1-7-4-8(2)6-9(3)5-7;/h2*4-6H,1-3H3;/q;-6;. The first kappa shape index (κ1) is 18.9. The molecule has 0 aliphatic heterocycles. The van der Waals surface area contributed by atoms with E-state index in [0.717, 1.165) is 0 Å². The zero-order chi connectivity index (χ0) is 13.7. The predicted molar refractivity (Wildman–Crippen MR) is 80.3 cm³/mol. The van der Waals surface area contributed by atoms with Crippen molar-refractivity contribution in [2.75, 3.05) is 0 Å². The van der Waals surface area contributed by atoms with Gasteiger partial charge in [0, 0.05) is 21.1 Å². The third-order valence-electron chi connectivity index (χ3n) is 2.73. The van der Waals surface area contributed by atoms with Gasteiger partial charge in [0.05, 0.1) is 0 Å². The summed E-state index contributed by atoms with van der Waals surface area (Å²) in [5.41, 5.74) is 4.06. The number of hydrogen-bond acceptors (Lipinski definition) is 0. The first-order valence-corrected chi connectivity index (χ1v) is 6.46. The summed E-state index contributed by atoms with van der Waals surface area (Å²) in [5, 5.41) is 0. The van der Waals surface area contributed by atoms with Gasteiger partial charge in [-0.15, -0.1) is 0 Å². The number of rotatable bonds is 0. The van der Waals surface area contributed by atoms with Crippen LogP contribution in [-0.4, -0.2) is 0 Å². The van der Waals surface area contributed by atoms with Gasteiger partial charge in [-0.25, -0.2) is 20.8 Å². The largest absolute Gasteiger partial charge is 0.721 e. The maximum Gasteiger partial charge on any atom is 0 e. The Kier molecular flexibility index (Phi) is 8.91. The smallest absolute Gasteiger partial charge is 0 e. The van der Waals surface area contributed by atoms with Gasteiger partial charge in [-0.1, -0.05) is 34.9 Å². The molecule has 1 saturated carbocycles. The van der Waals surface area contributed by atoms with Crippen molar-refractivity contribution >= 4 is 0 Å². The van der Waals surface area contributed by atoms with Gasteiger partial charge in [-0.05, 0) is 20.8 Å². The molecule has 0 N–H and O–H groups in total. The topological polar surface area (TPSA) is 0 Å². The third kappa shape index (κ3) is 7.93. The van der Waals surface area contributed by atoms with E-state index in [2.05, 4.69) is 79.0 Å². The summed E-state index contributed by atoms with van der Waals surface area (Å²) < 4.78 is 0. The van der Waals surface area contributed by atoms with Gasteiger partial charge in [0.2, 0.25) is 0 Å². The maximum atomic E-state index is 2.19. The van der Waals surface area contributed by atoms with E-state index in [4.69, 9.17) is 0 Å². The van der Waals surface area contributed by atoms with Gasteiger partial charge in [0.15, 0.2) is 0 Å². The Morgan fingerprint density at radius 3 is 1.05 bits per heavy atom. The van der Waals surface area contributed by atoms with Crippen molar-refractivity contribution in [3.63, 3.8) is 0 Å². The fraction of sp³-hybridized carbons (Fsp3) is 0.333. The summed E-state index contributed by atoms with van der Waals surface area (Å²) in [5.74, 6) is 4.06. The van der Waals surface area contributed by atoms with E-state index in [-0.39, 0.29) is 21.1 Å². The molecule has 1 aromatic carbocycles. The molecule has 1 aromatic rings. The van der Waals surface area contributed by atoms with Gasteiger partial charge in [-0.2, -0.15) is 0 Å². The Labute approximate surface area is 134 Å². The zero-order valence-electron chi connectivity index (χ0n) is 12.9. The third-order valence-corrected chi connectivity index (χ3v) is 2.73. The SMILES string of the molecule is C[C-]1[CH-][C-](C)[CH-][C-](C)[CH-]1.Cc1cc(C)cc(C)c1.[Mo]. The second kappa shape index (κ2) is 8.96. The maximum absolute atomic E-state index is 2.19. The molecule has 1 fully saturated rings. The van der Waals surface area contributed by atoms with Crippen LogP contribution in [0, 0.1) is 57.8 Å². The van der Waals surface area contributed by atoms with Crippen molar-refractivity contribution in [3.05, 3.63) is 71.9 Å². The van der Waals surface area contributed by atoms with E-state index < -0.39 is 0 Å². The fourth-order valence-corrected chi connectivity index (χ4v) is 2.40. The Morgan fingerprint density at radius 2 is 0.842 bits per heavy atom. The second-order valence-electron chi connectivity index (χ2n) is 5.33. The zero-order valence-corrected chi connectivity index (χ0v) is 14.9. The molecule has 1 aliphatic rings. The molecule has 108 valence electrons. The van der Waals surface area contributed by atoms with Crippen LogP contribution in [0.5, 0.6) is 0 Å². The van der Waals surface area contributed by atoms with Crippen molar-refractivity contribution in [2.24, 2.45) is 0 Å². The molecule has 0 spiro atoms. The molecular formula is C18H24Mo-6. The first-order chi connectivity index (χ1) is 8.36. The minimum atomic E-state index is 0.